The molecular weight excluding hydrogens is 188 g/mol. The van der Waals surface area contributed by atoms with E-state index in [0.29, 0.717) is 12.1 Å². The van der Waals surface area contributed by atoms with Crippen LogP contribution in [0.3, 0.4) is 0 Å². The summed E-state index contributed by atoms with van der Waals surface area (Å²) in [5.74, 6) is 0.441. The summed E-state index contributed by atoms with van der Waals surface area (Å²) in [5.41, 5.74) is 5.95. The predicted molar refractivity (Wildman–Crippen MR) is 60.3 cm³/mol. The third-order valence-electron chi connectivity index (χ3n) is 3.95. The largest absolute Gasteiger partial charge is 0.335 e. The Bertz CT molecular complexity index is 236. The Kier molecular flexibility index (Phi) is 3.01. The van der Waals surface area contributed by atoms with Crippen LogP contribution >= 0.6 is 0 Å². The molecule has 2 unspecified atom stereocenters. The molecule has 0 saturated carbocycles. The molecule has 2 saturated heterocycles. The second-order valence-electron chi connectivity index (χ2n) is 5.33. The summed E-state index contributed by atoms with van der Waals surface area (Å²) in [6.07, 6.45) is 6.05. The zero-order valence-corrected chi connectivity index (χ0v) is 9.78. The Morgan fingerprint density at radius 3 is 2.20 bits per heavy atom. The molecule has 86 valence electrons. The van der Waals surface area contributed by atoms with Crippen LogP contribution in [0.1, 0.15) is 46.0 Å². The monoisotopic (exact) mass is 210 g/mol. The summed E-state index contributed by atoms with van der Waals surface area (Å²) in [5, 5.41) is 0. The first-order valence-corrected chi connectivity index (χ1v) is 6.19. The average molecular weight is 210 g/mol. The molecule has 15 heavy (non-hydrogen) atoms. The molecule has 3 heteroatoms. The van der Waals surface area contributed by atoms with E-state index < -0.39 is 0 Å². The lowest BCUT2D eigenvalue weighted by atomic mass is 9.98. The summed E-state index contributed by atoms with van der Waals surface area (Å²) < 4.78 is 0. The van der Waals surface area contributed by atoms with Gasteiger partial charge in [0, 0.05) is 12.1 Å². The first-order chi connectivity index (χ1) is 7.11. The molecule has 3 atom stereocenters. The molecule has 2 heterocycles. The third kappa shape index (κ3) is 1.89. The lowest BCUT2D eigenvalue weighted by Gasteiger charge is -2.37. The van der Waals surface area contributed by atoms with Gasteiger partial charge in [0.25, 0.3) is 0 Å². The van der Waals surface area contributed by atoms with E-state index in [0.717, 1.165) is 0 Å². The molecule has 2 rings (SSSR count). The maximum Gasteiger partial charge on any atom is 0.240 e. The van der Waals surface area contributed by atoms with Crippen molar-refractivity contribution in [3.8, 4) is 0 Å². The van der Waals surface area contributed by atoms with Crippen LogP contribution < -0.4 is 5.73 Å². The van der Waals surface area contributed by atoms with Crippen LogP contribution in [0.25, 0.3) is 0 Å². The number of hydrogen-bond acceptors (Lipinski definition) is 2. The minimum Gasteiger partial charge on any atom is -0.335 e. The molecule has 2 aliphatic heterocycles. The molecule has 0 aromatic heterocycles. The van der Waals surface area contributed by atoms with Gasteiger partial charge in [-0.2, -0.15) is 0 Å². The van der Waals surface area contributed by atoms with E-state index in [1.54, 1.807) is 0 Å². The summed E-state index contributed by atoms with van der Waals surface area (Å²) in [6.45, 7) is 4.04. The molecule has 0 radical (unpaired) electrons. The summed E-state index contributed by atoms with van der Waals surface area (Å²) in [7, 11) is 0. The Labute approximate surface area is 92.0 Å². The van der Waals surface area contributed by atoms with Crippen molar-refractivity contribution in [3.63, 3.8) is 0 Å². The number of carbonyl (C=O) groups is 1. The van der Waals surface area contributed by atoms with Crippen molar-refractivity contribution in [1.82, 2.24) is 4.90 Å². The van der Waals surface area contributed by atoms with Gasteiger partial charge in [0.15, 0.2) is 0 Å². The molecule has 2 fully saturated rings. The van der Waals surface area contributed by atoms with Crippen molar-refractivity contribution < 1.29 is 4.79 Å². The zero-order chi connectivity index (χ0) is 11.0. The van der Waals surface area contributed by atoms with Crippen LogP contribution in [0.2, 0.25) is 0 Å². The fourth-order valence-corrected chi connectivity index (χ4v) is 2.93. The number of nitrogens with two attached hydrogens (primary N) is 1. The van der Waals surface area contributed by atoms with Crippen LogP contribution in [0.5, 0.6) is 0 Å². The number of amides is 1. The van der Waals surface area contributed by atoms with Gasteiger partial charge in [0.2, 0.25) is 5.91 Å². The van der Waals surface area contributed by atoms with Crippen LogP contribution in [0.15, 0.2) is 0 Å². The quantitative estimate of drug-likeness (QED) is 0.751. The molecule has 1 amide bonds. The number of fused-ring (bicyclic) bond motifs is 2. The van der Waals surface area contributed by atoms with Gasteiger partial charge < -0.3 is 10.6 Å². The van der Waals surface area contributed by atoms with Crippen molar-refractivity contribution in [2.75, 3.05) is 0 Å². The summed E-state index contributed by atoms with van der Waals surface area (Å²) in [6, 6.07) is 0.702. The number of hydrogen-bond donors (Lipinski definition) is 1. The second-order valence-corrected chi connectivity index (χ2v) is 5.33. The van der Waals surface area contributed by atoms with E-state index in [2.05, 4.69) is 4.90 Å². The maximum atomic E-state index is 12.2. The highest BCUT2D eigenvalue weighted by Crippen LogP contribution is 2.36. The molecule has 2 bridgehead atoms. The molecule has 0 aromatic rings. The number of nitrogens with zero attached hydrogens (tertiary/aromatic N) is 1. The van der Waals surface area contributed by atoms with Gasteiger partial charge >= 0.3 is 0 Å². The fraction of sp³-hybridized carbons (Fsp3) is 0.917. The molecule has 0 spiro atoms. The van der Waals surface area contributed by atoms with Crippen LogP contribution in [0, 0.1) is 5.92 Å². The zero-order valence-electron chi connectivity index (χ0n) is 9.78. The van der Waals surface area contributed by atoms with Gasteiger partial charge in [-0.25, -0.2) is 0 Å². The predicted octanol–water partition coefficient (Wildman–Crippen LogP) is 1.51. The van der Waals surface area contributed by atoms with E-state index in [4.69, 9.17) is 5.73 Å². The highest BCUT2D eigenvalue weighted by Gasteiger charge is 2.41. The lowest BCUT2D eigenvalue weighted by molar-refractivity contribution is -0.137. The molecule has 2 aliphatic rings. The maximum absolute atomic E-state index is 12.2. The highest BCUT2D eigenvalue weighted by atomic mass is 16.2. The SMILES string of the molecule is CC(C)[C@H](N)C(=O)N1C2CCCC1CC2. The molecule has 0 aliphatic carbocycles. The Morgan fingerprint density at radius 1 is 1.20 bits per heavy atom. The van der Waals surface area contributed by atoms with Gasteiger partial charge in [-0.3, -0.25) is 4.79 Å². The highest BCUT2D eigenvalue weighted by molar-refractivity contribution is 5.83. The number of piperidine rings is 1. The van der Waals surface area contributed by atoms with Gasteiger partial charge in [0.05, 0.1) is 6.04 Å². The normalized spacial score (nSPS) is 32.1. The van der Waals surface area contributed by atoms with Gasteiger partial charge in [-0.05, 0) is 38.0 Å². The van der Waals surface area contributed by atoms with E-state index in [1.807, 2.05) is 13.8 Å². The van der Waals surface area contributed by atoms with Crippen LogP contribution in [0.4, 0.5) is 0 Å². The van der Waals surface area contributed by atoms with Crippen molar-refractivity contribution in [1.29, 1.82) is 0 Å². The van der Waals surface area contributed by atoms with E-state index in [-0.39, 0.29) is 17.9 Å². The van der Waals surface area contributed by atoms with E-state index >= 15 is 0 Å². The first-order valence-electron chi connectivity index (χ1n) is 6.19. The second kappa shape index (κ2) is 4.12. The Morgan fingerprint density at radius 2 is 1.73 bits per heavy atom. The van der Waals surface area contributed by atoms with Crippen LogP contribution in [-0.2, 0) is 4.79 Å². The van der Waals surface area contributed by atoms with Crippen LogP contribution in [-0.4, -0.2) is 28.9 Å². The number of carbonyl (C=O) groups excluding carboxylic acids is 1. The first kappa shape index (κ1) is 10.9. The topological polar surface area (TPSA) is 46.3 Å². The summed E-state index contributed by atoms with van der Waals surface area (Å²) in [4.78, 5) is 14.3. The van der Waals surface area contributed by atoms with Crippen molar-refractivity contribution in [3.05, 3.63) is 0 Å². The molecular formula is C12H22N2O. The molecule has 2 N–H and O–H groups in total. The van der Waals surface area contributed by atoms with E-state index in [9.17, 15) is 4.79 Å². The Balaban J connectivity index is 2.07. The Hall–Kier alpha value is -0.570. The van der Waals surface area contributed by atoms with Gasteiger partial charge in [-0.1, -0.05) is 13.8 Å². The average Bonchev–Trinajstić information content (AvgIpc) is 2.46. The lowest BCUT2D eigenvalue weighted by Crippen LogP contribution is -2.52. The summed E-state index contributed by atoms with van der Waals surface area (Å²) >= 11 is 0. The van der Waals surface area contributed by atoms with Crippen molar-refractivity contribution in [2.24, 2.45) is 11.7 Å². The standard InChI is InChI=1S/C12H22N2O/c1-8(2)11(13)12(15)14-9-4-3-5-10(14)7-6-9/h8-11H,3-7,13H2,1-2H3/t9?,10?,11-/m0/s1. The number of rotatable bonds is 2. The van der Waals surface area contributed by atoms with Gasteiger partial charge in [0.1, 0.15) is 0 Å². The molecule has 0 aromatic carbocycles. The third-order valence-corrected chi connectivity index (χ3v) is 3.95. The van der Waals surface area contributed by atoms with E-state index in [1.165, 1.54) is 32.1 Å². The smallest absolute Gasteiger partial charge is 0.240 e. The molecule has 3 nitrogen and oxygen atoms in total. The minimum absolute atomic E-state index is 0.192. The van der Waals surface area contributed by atoms with Gasteiger partial charge in [-0.15, -0.1) is 0 Å². The fourth-order valence-electron chi connectivity index (χ4n) is 2.93. The van der Waals surface area contributed by atoms with Crippen molar-refractivity contribution >= 4 is 5.91 Å². The van der Waals surface area contributed by atoms with Crippen molar-refractivity contribution in [2.45, 2.75) is 64.1 Å². The minimum atomic E-state index is -0.300.